The first-order valence-electron chi connectivity index (χ1n) is 8.21. The zero-order chi connectivity index (χ0) is 17.8. The fourth-order valence-corrected chi connectivity index (χ4v) is 3.76. The maximum atomic E-state index is 12.9. The van der Waals surface area contributed by atoms with Crippen LogP contribution in [-0.2, 0) is 4.79 Å². The zero-order valence-electron chi connectivity index (χ0n) is 14.0. The van der Waals surface area contributed by atoms with Gasteiger partial charge in [-0.15, -0.1) is 0 Å². The van der Waals surface area contributed by atoms with Gasteiger partial charge in [-0.3, -0.25) is 19.6 Å². The lowest BCUT2D eigenvalue weighted by atomic mass is 9.70. The number of allylic oxidation sites excluding steroid dienone is 2. The van der Waals surface area contributed by atoms with Crippen LogP contribution in [0.1, 0.15) is 43.7 Å². The molecule has 0 saturated carbocycles. The third-order valence-electron chi connectivity index (χ3n) is 4.76. The summed E-state index contributed by atoms with van der Waals surface area (Å²) < 4.78 is 5.84. The fraction of sp³-hybridized carbons (Fsp3) is 0.316. The van der Waals surface area contributed by atoms with Gasteiger partial charge in [-0.05, 0) is 11.0 Å². The fourth-order valence-electron chi connectivity index (χ4n) is 3.76. The number of aromatic amines is 2. The lowest BCUT2D eigenvalue weighted by molar-refractivity contribution is -0.118. The van der Waals surface area contributed by atoms with E-state index in [1.54, 1.807) is 0 Å². The van der Waals surface area contributed by atoms with E-state index in [0.717, 1.165) is 5.56 Å². The molecule has 25 heavy (non-hydrogen) atoms. The van der Waals surface area contributed by atoms with Gasteiger partial charge in [0.15, 0.2) is 5.78 Å². The maximum Gasteiger partial charge on any atom is 0.328 e. The summed E-state index contributed by atoms with van der Waals surface area (Å²) in [6.45, 7) is 4.01. The van der Waals surface area contributed by atoms with Crippen molar-refractivity contribution in [2.75, 3.05) is 0 Å². The van der Waals surface area contributed by atoms with E-state index in [2.05, 4.69) is 9.97 Å². The molecule has 128 valence electrons. The van der Waals surface area contributed by atoms with E-state index in [-0.39, 0.29) is 22.6 Å². The van der Waals surface area contributed by atoms with Gasteiger partial charge in [-0.25, -0.2) is 4.79 Å². The average Bonchev–Trinajstić information content (AvgIpc) is 2.52. The summed E-state index contributed by atoms with van der Waals surface area (Å²) in [4.78, 5) is 41.9. The number of carbonyl (C=O) groups is 1. The molecule has 1 aliphatic carbocycles. The van der Waals surface area contributed by atoms with Gasteiger partial charge in [-0.1, -0.05) is 44.2 Å². The Morgan fingerprint density at radius 1 is 1.04 bits per heavy atom. The minimum atomic E-state index is -0.624. The molecule has 4 rings (SSSR count). The average molecular weight is 338 g/mol. The highest BCUT2D eigenvalue weighted by molar-refractivity contribution is 6.00. The van der Waals surface area contributed by atoms with Crippen LogP contribution in [0.2, 0.25) is 0 Å². The van der Waals surface area contributed by atoms with Crippen LogP contribution < -0.4 is 16.0 Å². The smallest absolute Gasteiger partial charge is 0.328 e. The van der Waals surface area contributed by atoms with Crippen molar-refractivity contribution in [2.45, 2.75) is 32.6 Å². The van der Waals surface area contributed by atoms with Crippen LogP contribution in [0.25, 0.3) is 0 Å². The zero-order valence-corrected chi connectivity index (χ0v) is 14.0. The highest BCUT2D eigenvalue weighted by atomic mass is 16.5. The van der Waals surface area contributed by atoms with Crippen LogP contribution in [0.4, 0.5) is 0 Å². The third kappa shape index (κ3) is 2.54. The molecule has 2 N–H and O–H groups in total. The molecule has 6 heteroatoms. The topological polar surface area (TPSA) is 92.0 Å². The first kappa shape index (κ1) is 15.6. The lowest BCUT2D eigenvalue weighted by Gasteiger charge is -2.37. The van der Waals surface area contributed by atoms with E-state index in [0.29, 0.717) is 24.2 Å². The molecule has 1 unspecified atom stereocenters. The van der Waals surface area contributed by atoms with Crippen molar-refractivity contribution in [2.24, 2.45) is 5.41 Å². The largest absolute Gasteiger partial charge is 0.444 e. The number of carbonyl (C=O) groups excluding carboxylic acids is 1. The molecular formula is C19H18N2O4. The van der Waals surface area contributed by atoms with Crippen molar-refractivity contribution in [3.05, 3.63) is 73.6 Å². The van der Waals surface area contributed by atoms with Gasteiger partial charge in [0.1, 0.15) is 5.76 Å². The number of nitrogens with one attached hydrogen (secondary N) is 2. The van der Waals surface area contributed by atoms with E-state index in [9.17, 15) is 14.4 Å². The highest BCUT2D eigenvalue weighted by Crippen LogP contribution is 2.47. The van der Waals surface area contributed by atoms with Crippen molar-refractivity contribution in [3.63, 3.8) is 0 Å². The summed E-state index contributed by atoms with van der Waals surface area (Å²) in [7, 11) is 0. The summed E-state index contributed by atoms with van der Waals surface area (Å²) in [5.74, 6) is 0.121. The lowest BCUT2D eigenvalue weighted by Crippen LogP contribution is -2.37. The Hall–Kier alpha value is -2.89. The molecule has 2 aliphatic rings. The number of rotatable bonds is 1. The molecule has 2 heterocycles. The van der Waals surface area contributed by atoms with E-state index in [1.807, 2.05) is 44.2 Å². The number of Topliss-reactive ketones (excluding diaryl/α,β-unsaturated/α-hetero) is 1. The van der Waals surface area contributed by atoms with E-state index in [1.165, 1.54) is 0 Å². The van der Waals surface area contributed by atoms with Crippen LogP contribution in [0.5, 0.6) is 5.88 Å². The van der Waals surface area contributed by atoms with Gasteiger partial charge < -0.3 is 4.74 Å². The van der Waals surface area contributed by atoms with Gasteiger partial charge >= 0.3 is 5.69 Å². The molecule has 0 spiro atoms. The second-order valence-electron chi connectivity index (χ2n) is 7.37. The Kier molecular flexibility index (Phi) is 3.32. The first-order valence-corrected chi connectivity index (χ1v) is 8.21. The molecule has 0 amide bonds. The van der Waals surface area contributed by atoms with E-state index >= 15 is 0 Å². The van der Waals surface area contributed by atoms with Crippen molar-refractivity contribution in [3.8, 4) is 5.88 Å². The molecule has 0 saturated heterocycles. The summed E-state index contributed by atoms with van der Waals surface area (Å²) in [5.41, 5.74) is 0.243. The van der Waals surface area contributed by atoms with Gasteiger partial charge in [0.05, 0.1) is 11.5 Å². The number of hydrogen-bond acceptors (Lipinski definition) is 4. The molecule has 2 aromatic rings. The van der Waals surface area contributed by atoms with Gasteiger partial charge in [0, 0.05) is 18.4 Å². The Morgan fingerprint density at radius 3 is 2.48 bits per heavy atom. The van der Waals surface area contributed by atoms with Crippen molar-refractivity contribution in [1.29, 1.82) is 0 Å². The number of benzene rings is 1. The van der Waals surface area contributed by atoms with Gasteiger partial charge in [-0.2, -0.15) is 0 Å². The summed E-state index contributed by atoms with van der Waals surface area (Å²) in [6.07, 6.45) is 0.973. The highest BCUT2D eigenvalue weighted by Gasteiger charge is 2.43. The minimum absolute atomic E-state index is 0.0173. The second kappa shape index (κ2) is 5.31. The number of ketones is 1. The van der Waals surface area contributed by atoms with Crippen LogP contribution >= 0.6 is 0 Å². The SMILES string of the molecule is CC1(C)CC(=O)C2=C(C1)Oc1[nH]c(=O)[nH]c(=O)c1C2c1ccccc1. The summed E-state index contributed by atoms with van der Waals surface area (Å²) in [5, 5.41) is 0. The van der Waals surface area contributed by atoms with Crippen molar-refractivity contribution >= 4 is 5.78 Å². The number of aromatic nitrogens is 2. The Labute approximate surface area is 143 Å². The van der Waals surface area contributed by atoms with Crippen LogP contribution in [0, 0.1) is 5.41 Å². The molecule has 1 atom stereocenters. The normalized spacial score (nSPS) is 21.4. The van der Waals surface area contributed by atoms with Gasteiger partial charge in [0.25, 0.3) is 5.56 Å². The van der Waals surface area contributed by atoms with Gasteiger partial charge in [0.2, 0.25) is 5.88 Å². The number of hydrogen-bond donors (Lipinski definition) is 2. The monoisotopic (exact) mass is 338 g/mol. The maximum absolute atomic E-state index is 12.9. The second-order valence-corrected chi connectivity index (χ2v) is 7.37. The molecular weight excluding hydrogens is 320 g/mol. The number of fused-ring (bicyclic) bond motifs is 1. The quantitative estimate of drug-likeness (QED) is 0.834. The molecule has 0 radical (unpaired) electrons. The predicted octanol–water partition coefficient (Wildman–Crippen LogP) is 2.23. The van der Waals surface area contributed by atoms with Crippen LogP contribution in [0.15, 0.2) is 51.3 Å². The molecule has 0 bridgehead atoms. The number of ether oxygens (including phenoxy) is 1. The summed E-state index contributed by atoms with van der Waals surface area (Å²) >= 11 is 0. The molecule has 1 aromatic carbocycles. The van der Waals surface area contributed by atoms with Crippen LogP contribution in [0.3, 0.4) is 0 Å². The van der Waals surface area contributed by atoms with Crippen LogP contribution in [-0.4, -0.2) is 15.8 Å². The van der Waals surface area contributed by atoms with Crippen molar-refractivity contribution in [1.82, 2.24) is 9.97 Å². The minimum Gasteiger partial charge on any atom is -0.444 e. The third-order valence-corrected chi connectivity index (χ3v) is 4.76. The van der Waals surface area contributed by atoms with E-state index < -0.39 is 17.2 Å². The first-order chi connectivity index (χ1) is 11.9. The Morgan fingerprint density at radius 2 is 1.76 bits per heavy atom. The Bertz CT molecular complexity index is 1010. The summed E-state index contributed by atoms with van der Waals surface area (Å²) in [6, 6.07) is 9.36. The Balaban J connectivity index is 2.01. The van der Waals surface area contributed by atoms with Crippen molar-refractivity contribution < 1.29 is 9.53 Å². The standard InChI is InChI=1S/C19H18N2O4/c1-19(2)8-11(22)14-12(9-19)25-17-15(16(23)20-18(24)21-17)13(14)10-6-4-3-5-7-10/h3-7,13H,8-9H2,1-2H3,(H2,20,21,23,24). The molecule has 6 nitrogen and oxygen atoms in total. The van der Waals surface area contributed by atoms with E-state index in [4.69, 9.17) is 4.74 Å². The molecule has 1 aliphatic heterocycles. The predicted molar refractivity (Wildman–Crippen MR) is 91.6 cm³/mol. The number of H-pyrrole nitrogens is 2. The molecule has 0 fully saturated rings. The molecule has 1 aromatic heterocycles.